The van der Waals surface area contributed by atoms with E-state index in [4.69, 9.17) is 5.10 Å². The van der Waals surface area contributed by atoms with E-state index in [2.05, 4.69) is 20.4 Å². The molecule has 5 rings (SSSR count). The molecule has 4 heterocycles. The summed E-state index contributed by atoms with van der Waals surface area (Å²) in [4.78, 5) is 9.07. The molecule has 0 fully saturated rings. The fourth-order valence-corrected chi connectivity index (χ4v) is 3.44. The standard InChI is InChI=1S/C21H19FN8/c1-23-18-12-30-19(25-18)8-7-17(27-30)21-20(14-3-5-15(22)6-4-14)24-13-29(21)11-16-9-10-28(2)26-16/h3-10,12-13,23H,11H2,1-2H3. The van der Waals surface area contributed by atoms with Crippen molar-refractivity contribution in [3.63, 3.8) is 0 Å². The third kappa shape index (κ3) is 3.20. The fourth-order valence-electron chi connectivity index (χ4n) is 3.44. The molecule has 4 aromatic heterocycles. The van der Waals surface area contributed by atoms with Crippen molar-refractivity contribution in [2.24, 2.45) is 7.05 Å². The van der Waals surface area contributed by atoms with E-state index >= 15 is 0 Å². The van der Waals surface area contributed by atoms with Crippen molar-refractivity contribution in [1.82, 2.24) is 33.9 Å². The van der Waals surface area contributed by atoms with Crippen LogP contribution in [0.2, 0.25) is 0 Å². The first-order valence-electron chi connectivity index (χ1n) is 9.45. The van der Waals surface area contributed by atoms with Gasteiger partial charge in [0, 0.05) is 25.9 Å². The van der Waals surface area contributed by atoms with Gasteiger partial charge >= 0.3 is 0 Å². The Bertz CT molecular complexity index is 1330. The number of rotatable bonds is 5. The Morgan fingerprint density at radius 2 is 1.87 bits per heavy atom. The fraction of sp³-hybridized carbons (Fsp3) is 0.143. The van der Waals surface area contributed by atoms with Crippen molar-refractivity contribution in [3.05, 3.63) is 72.7 Å². The lowest BCUT2D eigenvalue weighted by atomic mass is 10.1. The Balaban J connectivity index is 1.66. The van der Waals surface area contributed by atoms with Crippen molar-refractivity contribution in [3.8, 4) is 22.6 Å². The largest absolute Gasteiger partial charge is 0.372 e. The number of benzene rings is 1. The Hall–Kier alpha value is -4.01. The summed E-state index contributed by atoms with van der Waals surface area (Å²) < 4.78 is 19.0. The summed E-state index contributed by atoms with van der Waals surface area (Å²) in [7, 11) is 3.70. The van der Waals surface area contributed by atoms with Gasteiger partial charge in [-0.05, 0) is 42.5 Å². The van der Waals surface area contributed by atoms with Crippen molar-refractivity contribution < 1.29 is 4.39 Å². The molecule has 0 aliphatic rings. The lowest BCUT2D eigenvalue weighted by Gasteiger charge is -2.09. The van der Waals surface area contributed by atoms with Gasteiger partial charge in [0.1, 0.15) is 17.3 Å². The van der Waals surface area contributed by atoms with E-state index in [-0.39, 0.29) is 5.82 Å². The molecule has 9 heteroatoms. The van der Waals surface area contributed by atoms with Gasteiger partial charge in [0.2, 0.25) is 0 Å². The first kappa shape index (κ1) is 18.0. The highest BCUT2D eigenvalue weighted by Crippen LogP contribution is 2.31. The molecule has 0 atom stereocenters. The molecule has 1 N–H and O–H groups in total. The van der Waals surface area contributed by atoms with Crippen LogP contribution >= 0.6 is 0 Å². The molecule has 30 heavy (non-hydrogen) atoms. The summed E-state index contributed by atoms with van der Waals surface area (Å²) in [6, 6.07) is 12.1. The van der Waals surface area contributed by atoms with Crippen LogP contribution in [0.1, 0.15) is 5.69 Å². The van der Waals surface area contributed by atoms with Gasteiger partial charge in [-0.2, -0.15) is 10.2 Å². The van der Waals surface area contributed by atoms with Crippen LogP contribution < -0.4 is 5.32 Å². The molecule has 0 aliphatic carbocycles. The summed E-state index contributed by atoms with van der Waals surface area (Å²) in [6.07, 6.45) is 5.50. The van der Waals surface area contributed by atoms with Crippen LogP contribution in [0.15, 0.2) is 61.2 Å². The number of aromatic nitrogens is 7. The number of aryl methyl sites for hydroxylation is 1. The van der Waals surface area contributed by atoms with Crippen LogP contribution in [0.25, 0.3) is 28.3 Å². The number of nitrogens with zero attached hydrogens (tertiary/aromatic N) is 7. The van der Waals surface area contributed by atoms with Gasteiger partial charge in [0.25, 0.3) is 0 Å². The Morgan fingerprint density at radius 1 is 1.03 bits per heavy atom. The Morgan fingerprint density at radius 3 is 2.60 bits per heavy atom. The summed E-state index contributed by atoms with van der Waals surface area (Å²) >= 11 is 0. The van der Waals surface area contributed by atoms with E-state index in [1.807, 2.05) is 49.3 Å². The van der Waals surface area contributed by atoms with Crippen molar-refractivity contribution in [2.75, 3.05) is 12.4 Å². The highest BCUT2D eigenvalue weighted by molar-refractivity contribution is 5.77. The number of hydrogen-bond donors (Lipinski definition) is 1. The lowest BCUT2D eigenvalue weighted by molar-refractivity contribution is 0.628. The second-order valence-corrected chi connectivity index (χ2v) is 6.95. The van der Waals surface area contributed by atoms with Crippen molar-refractivity contribution in [1.29, 1.82) is 0 Å². The van der Waals surface area contributed by atoms with E-state index in [0.717, 1.165) is 39.8 Å². The zero-order chi connectivity index (χ0) is 20.7. The number of halogens is 1. The molecule has 0 saturated carbocycles. The van der Waals surface area contributed by atoms with Gasteiger partial charge in [0.15, 0.2) is 5.65 Å². The predicted octanol–water partition coefficient (Wildman–Crippen LogP) is 3.22. The third-order valence-corrected chi connectivity index (χ3v) is 4.88. The average Bonchev–Trinajstić information content (AvgIpc) is 3.46. The van der Waals surface area contributed by atoms with E-state index in [1.54, 1.807) is 27.7 Å². The summed E-state index contributed by atoms with van der Waals surface area (Å²) in [5.74, 6) is 0.450. The zero-order valence-corrected chi connectivity index (χ0v) is 16.5. The van der Waals surface area contributed by atoms with Gasteiger partial charge in [-0.25, -0.2) is 18.9 Å². The first-order valence-corrected chi connectivity index (χ1v) is 9.45. The van der Waals surface area contributed by atoms with E-state index in [9.17, 15) is 4.39 Å². The van der Waals surface area contributed by atoms with Crippen molar-refractivity contribution in [2.45, 2.75) is 6.54 Å². The van der Waals surface area contributed by atoms with Gasteiger partial charge in [-0.3, -0.25) is 4.68 Å². The number of fused-ring (bicyclic) bond motifs is 1. The monoisotopic (exact) mass is 402 g/mol. The minimum Gasteiger partial charge on any atom is -0.372 e. The number of nitrogens with one attached hydrogen (secondary N) is 1. The smallest absolute Gasteiger partial charge is 0.156 e. The van der Waals surface area contributed by atoms with Gasteiger partial charge in [-0.15, -0.1) is 0 Å². The summed E-state index contributed by atoms with van der Waals surface area (Å²) in [6.45, 7) is 0.537. The SMILES string of the molecule is CNc1cn2nc(-c3c(-c4ccc(F)cc4)ncn3Cc3ccn(C)n3)ccc2n1. The maximum Gasteiger partial charge on any atom is 0.156 e. The number of imidazole rings is 2. The second-order valence-electron chi connectivity index (χ2n) is 6.95. The molecule has 0 radical (unpaired) electrons. The van der Waals surface area contributed by atoms with Crippen LogP contribution in [0, 0.1) is 5.82 Å². The molecule has 5 aromatic rings. The van der Waals surface area contributed by atoms with E-state index < -0.39 is 0 Å². The Kier molecular flexibility index (Phi) is 4.27. The normalized spacial score (nSPS) is 11.3. The quantitative estimate of drug-likeness (QED) is 0.488. The molecule has 0 bridgehead atoms. The molecule has 0 saturated heterocycles. The second kappa shape index (κ2) is 7.11. The maximum atomic E-state index is 13.5. The minimum absolute atomic E-state index is 0.286. The van der Waals surface area contributed by atoms with Crippen LogP contribution in [-0.4, -0.2) is 41.0 Å². The summed E-state index contributed by atoms with van der Waals surface area (Å²) in [5.41, 5.74) is 4.75. The van der Waals surface area contributed by atoms with Gasteiger partial charge < -0.3 is 9.88 Å². The summed E-state index contributed by atoms with van der Waals surface area (Å²) in [5, 5.41) is 12.2. The third-order valence-electron chi connectivity index (χ3n) is 4.88. The Labute approximate surface area is 171 Å². The van der Waals surface area contributed by atoms with Crippen LogP contribution in [-0.2, 0) is 13.6 Å². The molecule has 8 nitrogen and oxygen atoms in total. The average molecular weight is 402 g/mol. The first-order chi connectivity index (χ1) is 14.6. The van der Waals surface area contributed by atoms with Crippen LogP contribution in [0.4, 0.5) is 10.2 Å². The molecule has 150 valence electrons. The molecule has 0 aliphatic heterocycles. The highest BCUT2D eigenvalue weighted by atomic mass is 19.1. The number of hydrogen-bond acceptors (Lipinski definition) is 5. The zero-order valence-electron chi connectivity index (χ0n) is 16.5. The molecule has 0 unspecified atom stereocenters. The maximum absolute atomic E-state index is 13.5. The van der Waals surface area contributed by atoms with E-state index in [1.165, 1.54) is 12.1 Å². The molecule has 0 spiro atoms. The van der Waals surface area contributed by atoms with Crippen molar-refractivity contribution >= 4 is 11.5 Å². The van der Waals surface area contributed by atoms with Gasteiger partial charge in [-0.1, -0.05) is 0 Å². The van der Waals surface area contributed by atoms with E-state index in [0.29, 0.717) is 6.54 Å². The number of anilines is 1. The van der Waals surface area contributed by atoms with Crippen LogP contribution in [0.3, 0.4) is 0 Å². The topological polar surface area (TPSA) is 77.9 Å². The highest BCUT2D eigenvalue weighted by Gasteiger charge is 2.18. The van der Waals surface area contributed by atoms with Gasteiger partial charge in [0.05, 0.1) is 36.2 Å². The predicted molar refractivity (Wildman–Crippen MR) is 111 cm³/mol. The minimum atomic E-state index is -0.286. The molecular weight excluding hydrogens is 383 g/mol. The molecular formula is C21H19FN8. The molecule has 0 amide bonds. The molecule has 1 aromatic carbocycles. The lowest BCUT2D eigenvalue weighted by Crippen LogP contribution is -2.04. The van der Waals surface area contributed by atoms with Crippen LogP contribution in [0.5, 0.6) is 0 Å².